The highest BCUT2D eigenvalue weighted by Gasteiger charge is 2.28. The molecular weight excluding hydrogens is 475 g/mol. The molecule has 0 atom stereocenters. The van der Waals surface area contributed by atoms with Crippen LogP contribution in [0.5, 0.6) is 0 Å². The molecule has 194 valence electrons. The van der Waals surface area contributed by atoms with Crippen LogP contribution < -0.4 is 5.56 Å². The maximum absolute atomic E-state index is 13.9. The van der Waals surface area contributed by atoms with Crippen LogP contribution >= 0.6 is 0 Å². The van der Waals surface area contributed by atoms with E-state index in [1.165, 1.54) is 12.1 Å². The molecule has 0 bridgehead atoms. The minimum atomic E-state index is -0.354. The number of rotatable bonds is 7. The van der Waals surface area contributed by atoms with Crippen molar-refractivity contribution in [3.8, 4) is 0 Å². The normalized spacial score (nSPS) is 19.3. The molecule has 2 heterocycles. The number of carbonyl (C=O) groups is 2. The Morgan fingerprint density at radius 3 is 2.59 bits per heavy atom. The third-order valence-corrected chi connectivity index (χ3v) is 7.41. The molecule has 5 rings (SSSR count). The smallest absolute Gasteiger partial charge is 0.410 e. The van der Waals surface area contributed by atoms with Gasteiger partial charge >= 0.3 is 6.09 Å². The lowest BCUT2D eigenvalue weighted by molar-refractivity contribution is -0.117. The molecule has 1 fully saturated rings. The van der Waals surface area contributed by atoms with Crippen molar-refractivity contribution in [2.75, 3.05) is 6.54 Å². The summed E-state index contributed by atoms with van der Waals surface area (Å²) in [5.74, 6) is 0.713. The van der Waals surface area contributed by atoms with Gasteiger partial charge in [-0.25, -0.2) is 9.18 Å². The summed E-state index contributed by atoms with van der Waals surface area (Å²) in [7, 11) is 0. The Bertz CT molecular complexity index is 1320. The summed E-state index contributed by atoms with van der Waals surface area (Å²) >= 11 is 0. The lowest BCUT2D eigenvalue weighted by atomic mass is 9.85. The number of aromatic amines is 1. The molecule has 1 amide bonds. The summed E-state index contributed by atoms with van der Waals surface area (Å²) in [5, 5.41) is 2.33. The zero-order chi connectivity index (χ0) is 25.8. The van der Waals surface area contributed by atoms with Gasteiger partial charge in [-0.2, -0.15) is 5.16 Å². The summed E-state index contributed by atoms with van der Waals surface area (Å²) in [6.45, 7) is 1.06. The first-order valence-electron chi connectivity index (χ1n) is 12.9. The standard InChI is InChI=1S/C29H31FN2O5/c30-27-4-2-1-3-22(27)16-24(33)14-20-5-8-23-18-32(12-11-21(23)13-20)29(35)36-25-9-6-19(7-10-25)15-26-17-28(34)31-37-26/h1-5,8,13,17,19,25H,6-7,9-12,14-16,18H2,(H,31,34). The zero-order valence-electron chi connectivity index (χ0n) is 20.7. The van der Waals surface area contributed by atoms with E-state index in [-0.39, 0.29) is 42.2 Å². The van der Waals surface area contributed by atoms with Crippen molar-refractivity contribution >= 4 is 11.9 Å². The topological polar surface area (TPSA) is 92.6 Å². The number of nitrogens with zero attached hydrogens (tertiary/aromatic N) is 1. The highest BCUT2D eigenvalue weighted by molar-refractivity contribution is 5.83. The van der Waals surface area contributed by atoms with Gasteiger partial charge < -0.3 is 14.2 Å². The van der Waals surface area contributed by atoms with Gasteiger partial charge in [0.05, 0.1) is 0 Å². The van der Waals surface area contributed by atoms with Gasteiger partial charge in [-0.15, -0.1) is 0 Å². The molecule has 7 nitrogen and oxygen atoms in total. The number of nitrogens with one attached hydrogen (secondary N) is 1. The Morgan fingerprint density at radius 2 is 1.84 bits per heavy atom. The summed E-state index contributed by atoms with van der Waals surface area (Å²) in [6.07, 6.45) is 4.84. The number of ketones is 1. The van der Waals surface area contributed by atoms with Gasteiger partial charge in [-0.05, 0) is 66.3 Å². The van der Waals surface area contributed by atoms with Gasteiger partial charge in [0, 0.05) is 38.4 Å². The third kappa shape index (κ3) is 6.37. The summed E-state index contributed by atoms with van der Waals surface area (Å²) in [5.41, 5.74) is 3.31. The molecule has 37 heavy (non-hydrogen) atoms. The molecule has 0 saturated heterocycles. The molecule has 1 aromatic heterocycles. The lowest BCUT2D eigenvalue weighted by Crippen LogP contribution is -2.39. The van der Waals surface area contributed by atoms with E-state index in [4.69, 9.17) is 9.26 Å². The van der Waals surface area contributed by atoms with E-state index in [0.717, 1.165) is 48.8 Å². The van der Waals surface area contributed by atoms with Crippen LogP contribution in [-0.2, 0) is 41.8 Å². The second kappa shape index (κ2) is 11.2. The second-order valence-corrected chi connectivity index (χ2v) is 10.2. The number of H-pyrrole nitrogens is 1. The molecule has 2 aliphatic rings. The zero-order valence-corrected chi connectivity index (χ0v) is 20.7. The molecule has 2 aromatic carbocycles. The van der Waals surface area contributed by atoms with Crippen molar-refractivity contribution < 1.29 is 23.2 Å². The molecule has 1 aliphatic carbocycles. The van der Waals surface area contributed by atoms with Crippen molar-refractivity contribution in [3.05, 3.63) is 92.7 Å². The van der Waals surface area contributed by atoms with E-state index in [9.17, 15) is 18.8 Å². The average Bonchev–Trinajstić information content (AvgIpc) is 3.30. The lowest BCUT2D eigenvalue weighted by Gasteiger charge is -2.32. The van der Waals surface area contributed by atoms with Crippen molar-refractivity contribution in [1.29, 1.82) is 0 Å². The Labute approximate surface area is 214 Å². The van der Waals surface area contributed by atoms with E-state index in [0.29, 0.717) is 36.8 Å². The SMILES string of the molecule is O=C(Cc1ccc2c(c1)CCN(C(=O)OC1CCC(Cc3cc(=O)[nH]o3)CC1)C2)Cc1ccccc1F. The van der Waals surface area contributed by atoms with E-state index in [2.05, 4.69) is 5.16 Å². The van der Waals surface area contributed by atoms with Crippen LogP contribution in [0.1, 0.15) is 53.7 Å². The molecule has 3 aromatic rings. The maximum atomic E-state index is 13.9. The number of benzene rings is 2. The minimum Gasteiger partial charge on any atom is -0.446 e. The fourth-order valence-electron chi connectivity index (χ4n) is 5.39. The van der Waals surface area contributed by atoms with Gasteiger partial charge in [0.1, 0.15) is 23.5 Å². The predicted octanol–water partition coefficient (Wildman–Crippen LogP) is 4.76. The van der Waals surface area contributed by atoms with E-state index < -0.39 is 0 Å². The van der Waals surface area contributed by atoms with Gasteiger partial charge in [0.2, 0.25) is 0 Å². The van der Waals surface area contributed by atoms with Crippen LogP contribution in [0.4, 0.5) is 9.18 Å². The molecule has 0 radical (unpaired) electrons. The number of hydrogen-bond acceptors (Lipinski definition) is 5. The number of halogens is 1. The third-order valence-electron chi connectivity index (χ3n) is 7.41. The second-order valence-electron chi connectivity index (χ2n) is 10.2. The number of amides is 1. The van der Waals surface area contributed by atoms with Crippen LogP contribution in [0.25, 0.3) is 0 Å². The molecule has 8 heteroatoms. The Kier molecular flexibility index (Phi) is 7.53. The largest absolute Gasteiger partial charge is 0.446 e. The van der Waals surface area contributed by atoms with Gasteiger partial charge in [-0.1, -0.05) is 36.4 Å². The van der Waals surface area contributed by atoms with Crippen molar-refractivity contribution in [2.45, 2.75) is 64.0 Å². The number of aromatic nitrogens is 1. The summed E-state index contributed by atoms with van der Waals surface area (Å²) in [6, 6.07) is 13.8. The maximum Gasteiger partial charge on any atom is 0.410 e. The van der Waals surface area contributed by atoms with Crippen molar-refractivity contribution in [1.82, 2.24) is 10.1 Å². The van der Waals surface area contributed by atoms with Crippen molar-refractivity contribution in [3.63, 3.8) is 0 Å². The number of hydrogen-bond donors (Lipinski definition) is 1. The first-order valence-corrected chi connectivity index (χ1v) is 12.9. The fourth-order valence-corrected chi connectivity index (χ4v) is 5.39. The monoisotopic (exact) mass is 506 g/mol. The number of ether oxygens (including phenoxy) is 1. The van der Waals surface area contributed by atoms with E-state index in [1.54, 1.807) is 23.1 Å². The Hall–Kier alpha value is -3.68. The van der Waals surface area contributed by atoms with Crippen LogP contribution in [-0.4, -0.2) is 34.6 Å². The van der Waals surface area contributed by atoms with E-state index >= 15 is 0 Å². The number of Topliss-reactive ketones (excluding diaryl/α,β-unsaturated/α-hetero) is 1. The summed E-state index contributed by atoms with van der Waals surface area (Å²) in [4.78, 5) is 38.3. The van der Waals surface area contributed by atoms with Crippen LogP contribution in [0.2, 0.25) is 0 Å². The van der Waals surface area contributed by atoms with Gasteiger partial charge in [0.15, 0.2) is 0 Å². The first kappa shape index (κ1) is 25.0. The van der Waals surface area contributed by atoms with Gasteiger partial charge in [-0.3, -0.25) is 9.59 Å². The average molecular weight is 507 g/mol. The quantitative estimate of drug-likeness (QED) is 0.499. The van der Waals surface area contributed by atoms with Gasteiger partial charge in [0.25, 0.3) is 5.56 Å². The highest BCUT2D eigenvalue weighted by Crippen LogP contribution is 2.30. The number of fused-ring (bicyclic) bond motifs is 1. The molecule has 1 saturated carbocycles. The molecule has 0 unspecified atom stereocenters. The van der Waals surface area contributed by atoms with Crippen LogP contribution in [0, 0.1) is 11.7 Å². The minimum absolute atomic E-state index is 0.0292. The highest BCUT2D eigenvalue weighted by atomic mass is 19.1. The Balaban J connectivity index is 1.09. The molecule has 1 aliphatic heterocycles. The fraction of sp³-hybridized carbons (Fsp3) is 0.414. The van der Waals surface area contributed by atoms with E-state index in [1.807, 2.05) is 18.2 Å². The Morgan fingerprint density at radius 1 is 1.03 bits per heavy atom. The molecule has 0 spiro atoms. The number of carbonyl (C=O) groups excluding carboxylic acids is 2. The first-order chi connectivity index (χ1) is 17.9. The summed E-state index contributed by atoms with van der Waals surface area (Å²) < 4.78 is 24.8. The van der Waals surface area contributed by atoms with Crippen LogP contribution in [0.3, 0.4) is 0 Å². The van der Waals surface area contributed by atoms with Crippen molar-refractivity contribution in [2.24, 2.45) is 5.92 Å². The predicted molar refractivity (Wildman–Crippen MR) is 135 cm³/mol. The molecular formula is C29H31FN2O5. The molecule has 1 N–H and O–H groups in total. The van der Waals surface area contributed by atoms with Crippen LogP contribution in [0.15, 0.2) is 57.8 Å².